The van der Waals surface area contributed by atoms with Crippen molar-refractivity contribution >= 4 is 17.3 Å². The predicted molar refractivity (Wildman–Crippen MR) is 96.3 cm³/mol. The molecule has 0 spiro atoms. The number of aromatic nitrogens is 1. The predicted octanol–water partition coefficient (Wildman–Crippen LogP) is 2.89. The van der Waals surface area contributed by atoms with Gasteiger partial charge in [-0.1, -0.05) is 12.1 Å². The van der Waals surface area contributed by atoms with Gasteiger partial charge in [0.25, 0.3) is 0 Å². The second-order valence-electron chi connectivity index (χ2n) is 5.42. The molecule has 1 aromatic carbocycles. The summed E-state index contributed by atoms with van der Waals surface area (Å²) in [6, 6.07) is 8.07. The lowest BCUT2D eigenvalue weighted by Gasteiger charge is -2.17. The van der Waals surface area contributed by atoms with Gasteiger partial charge in [-0.25, -0.2) is 4.98 Å². The molecule has 1 unspecified atom stereocenters. The van der Waals surface area contributed by atoms with Crippen molar-refractivity contribution in [2.75, 3.05) is 13.6 Å². The van der Waals surface area contributed by atoms with Crippen LogP contribution in [0.4, 0.5) is 0 Å². The van der Waals surface area contributed by atoms with Gasteiger partial charge in [0.15, 0.2) is 5.96 Å². The molecular formula is C17H24N4OS. The molecule has 0 saturated heterocycles. The molecule has 0 fully saturated rings. The molecular weight excluding hydrogens is 308 g/mol. The number of benzene rings is 1. The molecule has 0 aliphatic heterocycles. The molecule has 0 saturated carbocycles. The lowest BCUT2D eigenvalue weighted by atomic mass is 10.2. The van der Waals surface area contributed by atoms with Gasteiger partial charge in [-0.05, 0) is 38.5 Å². The normalized spacial score (nSPS) is 12.8. The van der Waals surface area contributed by atoms with Crippen LogP contribution in [0.1, 0.15) is 22.4 Å². The summed E-state index contributed by atoms with van der Waals surface area (Å²) < 4.78 is 5.90. The lowest BCUT2D eigenvalue weighted by Crippen LogP contribution is -2.41. The van der Waals surface area contributed by atoms with E-state index in [0.29, 0.717) is 13.1 Å². The second kappa shape index (κ2) is 8.53. The van der Waals surface area contributed by atoms with Gasteiger partial charge in [0.05, 0.1) is 13.1 Å². The number of aryl methyl sites for hydroxylation is 2. The van der Waals surface area contributed by atoms with Gasteiger partial charge >= 0.3 is 0 Å². The van der Waals surface area contributed by atoms with E-state index in [1.54, 1.807) is 18.4 Å². The Morgan fingerprint density at radius 2 is 2.17 bits per heavy atom. The number of guanidine groups is 1. The van der Waals surface area contributed by atoms with Gasteiger partial charge in [-0.15, -0.1) is 11.3 Å². The monoisotopic (exact) mass is 332 g/mol. The van der Waals surface area contributed by atoms with E-state index in [1.165, 1.54) is 10.4 Å². The van der Waals surface area contributed by atoms with Crippen LogP contribution in [-0.2, 0) is 6.54 Å². The van der Waals surface area contributed by atoms with Gasteiger partial charge in [-0.2, -0.15) is 0 Å². The van der Waals surface area contributed by atoms with Crippen LogP contribution in [0, 0.1) is 13.8 Å². The highest BCUT2D eigenvalue weighted by Crippen LogP contribution is 2.14. The smallest absolute Gasteiger partial charge is 0.191 e. The Morgan fingerprint density at radius 3 is 2.83 bits per heavy atom. The molecule has 1 aromatic heterocycles. The van der Waals surface area contributed by atoms with Crippen molar-refractivity contribution in [1.29, 1.82) is 0 Å². The fraction of sp³-hybridized carbons (Fsp3) is 0.412. The summed E-state index contributed by atoms with van der Waals surface area (Å²) in [4.78, 5) is 9.76. The van der Waals surface area contributed by atoms with Crippen LogP contribution < -0.4 is 15.4 Å². The number of nitrogens with one attached hydrogen (secondary N) is 2. The first-order chi connectivity index (χ1) is 11.1. The van der Waals surface area contributed by atoms with E-state index in [-0.39, 0.29) is 6.10 Å². The second-order valence-corrected chi connectivity index (χ2v) is 6.74. The summed E-state index contributed by atoms with van der Waals surface area (Å²) in [6.07, 6.45) is 1.92. The van der Waals surface area contributed by atoms with Gasteiger partial charge in [-0.3, -0.25) is 4.99 Å². The average molecular weight is 332 g/mol. The first kappa shape index (κ1) is 17.3. The van der Waals surface area contributed by atoms with Crippen LogP contribution in [0.25, 0.3) is 0 Å². The molecule has 0 radical (unpaired) electrons. The fourth-order valence-electron chi connectivity index (χ4n) is 2.07. The first-order valence-corrected chi connectivity index (χ1v) is 8.47. The zero-order valence-corrected chi connectivity index (χ0v) is 14.9. The summed E-state index contributed by atoms with van der Waals surface area (Å²) in [6.45, 7) is 7.49. The number of hydrogen-bond donors (Lipinski definition) is 2. The Hall–Kier alpha value is -2.08. The maximum Gasteiger partial charge on any atom is 0.191 e. The van der Waals surface area contributed by atoms with E-state index in [0.717, 1.165) is 16.7 Å². The standard InChI is InChI=1S/C17H24N4OS/c1-12-6-5-7-15(8-12)22-13(2)9-20-17(18-4)21-11-16-19-10-14(3)23-16/h5-8,10,13H,9,11H2,1-4H3,(H2,18,20,21). The Kier molecular flexibility index (Phi) is 6.40. The molecule has 0 bridgehead atoms. The highest BCUT2D eigenvalue weighted by molar-refractivity contribution is 7.11. The van der Waals surface area contributed by atoms with Crippen LogP contribution in [0.5, 0.6) is 5.75 Å². The third-order valence-corrected chi connectivity index (χ3v) is 4.10. The Labute approximate surface area is 141 Å². The minimum Gasteiger partial charge on any atom is -0.489 e. The van der Waals surface area contributed by atoms with Crippen molar-refractivity contribution in [2.45, 2.75) is 33.4 Å². The molecule has 0 amide bonds. The van der Waals surface area contributed by atoms with Crippen LogP contribution >= 0.6 is 11.3 Å². The molecule has 6 heteroatoms. The first-order valence-electron chi connectivity index (χ1n) is 7.66. The number of nitrogens with zero attached hydrogens (tertiary/aromatic N) is 2. The number of ether oxygens (including phenoxy) is 1. The van der Waals surface area contributed by atoms with Crippen molar-refractivity contribution in [1.82, 2.24) is 15.6 Å². The highest BCUT2D eigenvalue weighted by Gasteiger charge is 2.06. The van der Waals surface area contributed by atoms with Crippen LogP contribution in [-0.4, -0.2) is 30.6 Å². The minimum absolute atomic E-state index is 0.0393. The summed E-state index contributed by atoms with van der Waals surface area (Å²) >= 11 is 1.69. The Morgan fingerprint density at radius 1 is 1.35 bits per heavy atom. The summed E-state index contributed by atoms with van der Waals surface area (Å²) in [7, 11) is 1.76. The van der Waals surface area contributed by atoms with E-state index < -0.39 is 0 Å². The number of thiazole rings is 1. The summed E-state index contributed by atoms with van der Waals surface area (Å²) in [5, 5.41) is 7.58. The van der Waals surface area contributed by atoms with E-state index in [9.17, 15) is 0 Å². The van der Waals surface area contributed by atoms with Crippen molar-refractivity contribution in [3.05, 3.63) is 45.9 Å². The highest BCUT2D eigenvalue weighted by atomic mass is 32.1. The summed E-state index contributed by atoms with van der Waals surface area (Å²) in [5.41, 5.74) is 1.19. The summed E-state index contributed by atoms with van der Waals surface area (Å²) in [5.74, 6) is 1.64. The third kappa shape index (κ3) is 5.90. The van der Waals surface area contributed by atoms with E-state index in [2.05, 4.69) is 40.5 Å². The van der Waals surface area contributed by atoms with Crippen LogP contribution in [0.15, 0.2) is 35.5 Å². The Bertz CT molecular complexity index is 654. The van der Waals surface area contributed by atoms with E-state index in [4.69, 9.17) is 4.74 Å². The van der Waals surface area contributed by atoms with Gasteiger partial charge in [0, 0.05) is 18.1 Å². The van der Waals surface area contributed by atoms with E-state index >= 15 is 0 Å². The van der Waals surface area contributed by atoms with Crippen molar-refractivity contribution in [2.24, 2.45) is 4.99 Å². The van der Waals surface area contributed by atoms with Gasteiger partial charge in [0.1, 0.15) is 16.9 Å². The molecule has 1 heterocycles. The number of hydrogen-bond acceptors (Lipinski definition) is 4. The fourth-order valence-corrected chi connectivity index (χ4v) is 2.79. The average Bonchev–Trinajstić information content (AvgIpc) is 2.93. The molecule has 2 aromatic rings. The lowest BCUT2D eigenvalue weighted by molar-refractivity contribution is 0.223. The quantitative estimate of drug-likeness (QED) is 0.631. The van der Waals surface area contributed by atoms with Crippen molar-refractivity contribution in [3.63, 3.8) is 0 Å². The number of rotatable bonds is 6. The zero-order valence-electron chi connectivity index (χ0n) is 14.1. The molecule has 23 heavy (non-hydrogen) atoms. The molecule has 0 aliphatic carbocycles. The van der Waals surface area contributed by atoms with Gasteiger partial charge < -0.3 is 15.4 Å². The maximum absolute atomic E-state index is 5.90. The minimum atomic E-state index is 0.0393. The maximum atomic E-state index is 5.90. The third-order valence-electron chi connectivity index (χ3n) is 3.18. The Balaban J connectivity index is 1.76. The number of aliphatic imine (C=N–C) groups is 1. The topological polar surface area (TPSA) is 58.5 Å². The van der Waals surface area contributed by atoms with Crippen molar-refractivity contribution in [3.8, 4) is 5.75 Å². The molecule has 2 N–H and O–H groups in total. The van der Waals surface area contributed by atoms with E-state index in [1.807, 2.05) is 31.3 Å². The molecule has 5 nitrogen and oxygen atoms in total. The molecule has 2 rings (SSSR count). The largest absolute Gasteiger partial charge is 0.489 e. The zero-order chi connectivity index (χ0) is 16.7. The molecule has 1 atom stereocenters. The SMILES string of the molecule is CN=C(NCc1ncc(C)s1)NCC(C)Oc1cccc(C)c1. The van der Waals surface area contributed by atoms with Crippen molar-refractivity contribution < 1.29 is 4.74 Å². The molecule has 0 aliphatic rings. The van der Waals surface area contributed by atoms with Crippen LogP contribution in [0.2, 0.25) is 0 Å². The molecule has 124 valence electrons. The van der Waals surface area contributed by atoms with Crippen LogP contribution in [0.3, 0.4) is 0 Å². The van der Waals surface area contributed by atoms with Gasteiger partial charge in [0.2, 0.25) is 0 Å².